The summed E-state index contributed by atoms with van der Waals surface area (Å²) < 4.78 is 5.33. The molecule has 2 aromatic rings. The van der Waals surface area contributed by atoms with Gasteiger partial charge in [-0.25, -0.2) is 0 Å². The average Bonchev–Trinajstić information content (AvgIpc) is 2.80. The number of nitrogens with zero attached hydrogens (tertiary/aromatic N) is 1. The Balaban J connectivity index is 1.70. The van der Waals surface area contributed by atoms with Crippen molar-refractivity contribution < 1.29 is 4.52 Å². The summed E-state index contributed by atoms with van der Waals surface area (Å²) in [6.45, 7) is 2.31. The maximum atomic E-state index is 5.73. The Morgan fingerprint density at radius 3 is 3.00 bits per heavy atom. The van der Waals surface area contributed by atoms with E-state index >= 15 is 0 Å². The number of anilines is 1. The van der Waals surface area contributed by atoms with Crippen molar-refractivity contribution in [2.45, 2.75) is 25.7 Å². The number of fused-ring (bicyclic) bond motifs is 1. The Labute approximate surface area is 107 Å². The van der Waals surface area contributed by atoms with Crippen LogP contribution in [-0.4, -0.2) is 18.2 Å². The first-order valence-corrected chi connectivity index (χ1v) is 6.67. The topological polar surface area (TPSA) is 64.1 Å². The first-order chi connectivity index (χ1) is 8.83. The molecule has 4 nitrogen and oxygen atoms in total. The Morgan fingerprint density at radius 1 is 1.33 bits per heavy atom. The number of benzene rings is 1. The van der Waals surface area contributed by atoms with E-state index in [1.165, 1.54) is 19.3 Å². The molecule has 18 heavy (non-hydrogen) atoms. The molecule has 4 heteroatoms. The molecule has 0 atom stereocenters. The average molecular weight is 245 g/mol. The van der Waals surface area contributed by atoms with Crippen molar-refractivity contribution in [1.29, 1.82) is 0 Å². The zero-order valence-electron chi connectivity index (χ0n) is 10.5. The van der Waals surface area contributed by atoms with Gasteiger partial charge in [-0.15, -0.1) is 0 Å². The Morgan fingerprint density at radius 2 is 2.17 bits per heavy atom. The van der Waals surface area contributed by atoms with E-state index in [-0.39, 0.29) is 0 Å². The van der Waals surface area contributed by atoms with Crippen LogP contribution in [0.2, 0.25) is 0 Å². The molecule has 1 saturated heterocycles. The molecule has 0 unspecified atom stereocenters. The third kappa shape index (κ3) is 2.34. The fraction of sp³-hybridized carbons (Fsp3) is 0.500. The lowest BCUT2D eigenvalue weighted by Gasteiger charge is -2.21. The van der Waals surface area contributed by atoms with Gasteiger partial charge in [0.25, 0.3) is 0 Å². The number of piperidine rings is 1. The van der Waals surface area contributed by atoms with Crippen LogP contribution in [-0.2, 0) is 6.42 Å². The van der Waals surface area contributed by atoms with Gasteiger partial charge in [0.2, 0.25) is 0 Å². The molecule has 1 aromatic heterocycles. The summed E-state index contributed by atoms with van der Waals surface area (Å²) in [5.74, 6) is 0.826. The van der Waals surface area contributed by atoms with E-state index in [0.717, 1.165) is 47.8 Å². The van der Waals surface area contributed by atoms with Crippen LogP contribution in [0.5, 0.6) is 0 Å². The Hall–Kier alpha value is -1.55. The van der Waals surface area contributed by atoms with Gasteiger partial charge in [0.1, 0.15) is 0 Å². The third-order valence-corrected chi connectivity index (χ3v) is 3.82. The van der Waals surface area contributed by atoms with Crippen LogP contribution < -0.4 is 11.1 Å². The van der Waals surface area contributed by atoms with Gasteiger partial charge >= 0.3 is 0 Å². The highest BCUT2D eigenvalue weighted by Gasteiger charge is 2.15. The number of hydrogen-bond acceptors (Lipinski definition) is 4. The second kappa shape index (κ2) is 4.98. The van der Waals surface area contributed by atoms with Gasteiger partial charge in [-0.3, -0.25) is 0 Å². The summed E-state index contributed by atoms with van der Waals surface area (Å²) in [5.41, 5.74) is 8.33. The number of nitrogen functional groups attached to an aromatic ring is 1. The monoisotopic (exact) mass is 245 g/mol. The predicted molar refractivity (Wildman–Crippen MR) is 72.3 cm³/mol. The normalized spacial score (nSPS) is 17.3. The summed E-state index contributed by atoms with van der Waals surface area (Å²) >= 11 is 0. The molecule has 3 N–H and O–H groups in total. The van der Waals surface area contributed by atoms with Crippen LogP contribution in [0.15, 0.2) is 22.7 Å². The molecule has 1 aliphatic rings. The number of aryl methyl sites for hydroxylation is 1. The largest absolute Gasteiger partial charge is 0.399 e. The molecular weight excluding hydrogens is 226 g/mol. The third-order valence-electron chi connectivity index (χ3n) is 3.82. The van der Waals surface area contributed by atoms with E-state index < -0.39 is 0 Å². The van der Waals surface area contributed by atoms with E-state index in [2.05, 4.69) is 10.5 Å². The highest BCUT2D eigenvalue weighted by atomic mass is 16.5. The van der Waals surface area contributed by atoms with Gasteiger partial charge in [0.05, 0.1) is 5.69 Å². The molecule has 1 aromatic carbocycles. The fourth-order valence-electron chi connectivity index (χ4n) is 2.70. The second-order valence-corrected chi connectivity index (χ2v) is 5.12. The quantitative estimate of drug-likeness (QED) is 0.815. The SMILES string of the molecule is Nc1ccc2c(CCC3CCNCC3)noc2c1. The van der Waals surface area contributed by atoms with Crippen molar-refractivity contribution in [3.63, 3.8) is 0 Å². The molecule has 1 fully saturated rings. The summed E-state index contributed by atoms with van der Waals surface area (Å²) in [4.78, 5) is 0. The van der Waals surface area contributed by atoms with E-state index in [1.807, 2.05) is 18.2 Å². The lowest BCUT2D eigenvalue weighted by Crippen LogP contribution is -2.27. The van der Waals surface area contributed by atoms with Gasteiger partial charge in [-0.05, 0) is 56.8 Å². The first-order valence-electron chi connectivity index (χ1n) is 6.67. The van der Waals surface area contributed by atoms with Gasteiger partial charge in [-0.1, -0.05) is 5.16 Å². The minimum Gasteiger partial charge on any atom is -0.399 e. The van der Waals surface area contributed by atoms with Gasteiger partial charge in [0, 0.05) is 17.1 Å². The molecule has 0 amide bonds. The van der Waals surface area contributed by atoms with Crippen molar-refractivity contribution >= 4 is 16.7 Å². The summed E-state index contributed by atoms with van der Waals surface area (Å²) in [7, 11) is 0. The Kier molecular flexibility index (Phi) is 3.19. The van der Waals surface area contributed by atoms with E-state index in [9.17, 15) is 0 Å². The summed E-state index contributed by atoms with van der Waals surface area (Å²) in [5, 5.41) is 8.68. The zero-order chi connectivity index (χ0) is 12.4. The van der Waals surface area contributed by atoms with Crippen molar-refractivity contribution in [1.82, 2.24) is 10.5 Å². The van der Waals surface area contributed by atoms with Crippen molar-refractivity contribution in [2.75, 3.05) is 18.8 Å². The maximum Gasteiger partial charge on any atom is 0.169 e. The van der Waals surface area contributed by atoms with Gasteiger partial charge in [-0.2, -0.15) is 0 Å². The molecule has 0 spiro atoms. The molecule has 3 rings (SSSR count). The number of aromatic nitrogens is 1. The van der Waals surface area contributed by atoms with Crippen molar-refractivity contribution in [3.05, 3.63) is 23.9 Å². The molecule has 0 bridgehead atoms. The lowest BCUT2D eigenvalue weighted by atomic mass is 9.92. The first kappa shape index (κ1) is 11.5. The van der Waals surface area contributed by atoms with E-state index in [0.29, 0.717) is 0 Å². The Bertz CT molecular complexity index is 529. The summed E-state index contributed by atoms with van der Waals surface area (Å²) in [6, 6.07) is 5.77. The van der Waals surface area contributed by atoms with Crippen LogP contribution in [0.1, 0.15) is 25.0 Å². The van der Waals surface area contributed by atoms with Crippen LogP contribution >= 0.6 is 0 Å². The van der Waals surface area contributed by atoms with Gasteiger partial charge in [0.15, 0.2) is 5.58 Å². The second-order valence-electron chi connectivity index (χ2n) is 5.12. The minimum absolute atomic E-state index is 0.726. The van der Waals surface area contributed by atoms with Gasteiger partial charge < -0.3 is 15.6 Å². The molecule has 2 heterocycles. The zero-order valence-corrected chi connectivity index (χ0v) is 10.5. The smallest absolute Gasteiger partial charge is 0.169 e. The number of nitrogens with one attached hydrogen (secondary N) is 1. The lowest BCUT2D eigenvalue weighted by molar-refractivity contribution is 0.350. The highest BCUT2D eigenvalue weighted by Crippen LogP contribution is 2.24. The van der Waals surface area contributed by atoms with Crippen LogP contribution in [0, 0.1) is 5.92 Å². The highest BCUT2D eigenvalue weighted by molar-refractivity contribution is 5.82. The maximum absolute atomic E-state index is 5.73. The molecule has 0 aliphatic carbocycles. The standard InChI is InChI=1S/C14H19N3O/c15-11-2-3-12-13(17-18-14(12)9-11)4-1-10-5-7-16-8-6-10/h2-3,9-10,16H,1,4-8,15H2. The fourth-order valence-corrected chi connectivity index (χ4v) is 2.70. The number of nitrogens with two attached hydrogens (primary N) is 1. The minimum atomic E-state index is 0.726. The van der Waals surface area contributed by atoms with Crippen LogP contribution in [0.25, 0.3) is 11.0 Å². The molecule has 0 saturated carbocycles. The number of hydrogen-bond donors (Lipinski definition) is 2. The molecule has 1 aliphatic heterocycles. The van der Waals surface area contributed by atoms with Crippen molar-refractivity contribution in [2.24, 2.45) is 5.92 Å². The molecule has 96 valence electrons. The van der Waals surface area contributed by atoms with E-state index in [4.69, 9.17) is 10.3 Å². The summed E-state index contributed by atoms with van der Waals surface area (Å²) in [6.07, 6.45) is 4.76. The van der Waals surface area contributed by atoms with Crippen LogP contribution in [0.4, 0.5) is 5.69 Å². The predicted octanol–water partition coefficient (Wildman–Crippen LogP) is 2.34. The van der Waals surface area contributed by atoms with Crippen LogP contribution in [0.3, 0.4) is 0 Å². The molecule has 0 radical (unpaired) electrons. The molecular formula is C14H19N3O. The van der Waals surface area contributed by atoms with E-state index in [1.54, 1.807) is 0 Å². The van der Waals surface area contributed by atoms with Crippen molar-refractivity contribution in [3.8, 4) is 0 Å². The number of rotatable bonds is 3.